The average molecular weight is 543 g/mol. The van der Waals surface area contributed by atoms with Gasteiger partial charge in [-0.1, -0.05) is 50.8 Å². The summed E-state index contributed by atoms with van der Waals surface area (Å²) in [6, 6.07) is 13.7. The molecule has 3 unspecified atom stereocenters. The van der Waals surface area contributed by atoms with E-state index in [9.17, 15) is 0 Å². The van der Waals surface area contributed by atoms with E-state index in [1.54, 1.807) is 21.3 Å². The summed E-state index contributed by atoms with van der Waals surface area (Å²) in [5.41, 5.74) is 1.36. The van der Waals surface area contributed by atoms with E-state index in [4.69, 9.17) is 32.8 Å². The second kappa shape index (κ2) is 12.5. The molecule has 1 aliphatic heterocycles. The number of hydrogen-bond donors (Lipinski definition) is 0. The van der Waals surface area contributed by atoms with Crippen LogP contribution in [0.1, 0.15) is 44.7 Å². The smallest absolute Gasteiger partial charge is 0.210 e. The summed E-state index contributed by atoms with van der Waals surface area (Å²) in [7, 11) is 2.91. The van der Waals surface area contributed by atoms with Crippen molar-refractivity contribution in [2.45, 2.75) is 63.5 Å². The first-order valence-electron chi connectivity index (χ1n) is 12.8. The Balaban J connectivity index is 2.03. The molecule has 38 heavy (non-hydrogen) atoms. The lowest BCUT2D eigenvalue weighted by Gasteiger charge is -2.45. The molecular formula is C30H42O7Si. The maximum absolute atomic E-state index is 6.42. The Morgan fingerprint density at radius 2 is 1.53 bits per heavy atom. The van der Waals surface area contributed by atoms with Crippen LogP contribution in [0.25, 0.3) is 0 Å². The molecule has 0 saturated carbocycles. The molecule has 0 spiro atoms. The van der Waals surface area contributed by atoms with E-state index in [0.717, 1.165) is 16.9 Å². The highest BCUT2D eigenvalue weighted by Crippen LogP contribution is 2.50. The molecule has 0 radical (unpaired) electrons. The van der Waals surface area contributed by atoms with Gasteiger partial charge in [0.25, 0.3) is 0 Å². The molecule has 1 aliphatic rings. The minimum atomic E-state index is -1.93. The van der Waals surface area contributed by atoms with Crippen molar-refractivity contribution in [2.24, 2.45) is 0 Å². The van der Waals surface area contributed by atoms with Crippen LogP contribution in [0.3, 0.4) is 0 Å². The highest BCUT2D eigenvalue weighted by atomic mass is 28.4. The zero-order valence-corrected chi connectivity index (χ0v) is 25.2. The van der Waals surface area contributed by atoms with Gasteiger partial charge in [0.2, 0.25) is 6.29 Å². The van der Waals surface area contributed by atoms with E-state index < -0.39 is 20.0 Å². The van der Waals surface area contributed by atoms with Gasteiger partial charge < -0.3 is 32.8 Å². The second-order valence-electron chi connectivity index (χ2n) is 11.1. The maximum Gasteiger partial charge on any atom is 0.210 e. The number of hydrogen-bond acceptors (Lipinski definition) is 7. The normalized spacial score (nSPS) is 21.1. The van der Waals surface area contributed by atoms with Gasteiger partial charge in [0.1, 0.15) is 17.2 Å². The monoisotopic (exact) mass is 542 g/mol. The van der Waals surface area contributed by atoms with Crippen molar-refractivity contribution in [1.29, 1.82) is 0 Å². The highest BCUT2D eigenvalue weighted by molar-refractivity contribution is 6.74. The first-order chi connectivity index (χ1) is 18.0. The Kier molecular flexibility index (Phi) is 9.90. The summed E-state index contributed by atoms with van der Waals surface area (Å²) in [6.07, 6.45) is -0.598. The predicted octanol–water partition coefficient (Wildman–Crippen LogP) is 6.08. The van der Waals surface area contributed by atoms with Gasteiger partial charge in [-0.25, -0.2) is 0 Å². The molecule has 7 nitrogen and oxygen atoms in total. The van der Waals surface area contributed by atoms with E-state index >= 15 is 0 Å². The number of methoxy groups -OCH3 is 3. The van der Waals surface area contributed by atoms with Crippen molar-refractivity contribution in [2.75, 3.05) is 41.5 Å². The van der Waals surface area contributed by atoms with Gasteiger partial charge in [0.15, 0.2) is 21.9 Å². The van der Waals surface area contributed by atoms with Crippen LogP contribution in [0.5, 0.6) is 17.2 Å². The second-order valence-corrected chi connectivity index (χ2v) is 15.9. The molecule has 0 saturated heterocycles. The molecule has 0 N–H and O–H groups in total. The molecule has 208 valence electrons. The fourth-order valence-electron chi connectivity index (χ4n) is 4.21. The van der Waals surface area contributed by atoms with E-state index in [1.165, 1.54) is 0 Å². The molecule has 1 heterocycles. The highest BCUT2D eigenvalue weighted by Gasteiger charge is 2.50. The van der Waals surface area contributed by atoms with E-state index in [2.05, 4.69) is 52.6 Å². The molecule has 0 aromatic heterocycles. The van der Waals surface area contributed by atoms with Crippen LogP contribution >= 0.6 is 0 Å². The van der Waals surface area contributed by atoms with E-state index in [1.807, 2.05) is 42.5 Å². The predicted molar refractivity (Wildman–Crippen MR) is 150 cm³/mol. The third-order valence-corrected chi connectivity index (χ3v) is 12.0. The fourth-order valence-corrected chi connectivity index (χ4v) is 5.07. The third kappa shape index (κ3) is 6.53. The van der Waals surface area contributed by atoms with Gasteiger partial charge in [0, 0.05) is 33.0 Å². The summed E-state index contributed by atoms with van der Waals surface area (Å²) in [6.45, 7) is 14.0. The van der Waals surface area contributed by atoms with Gasteiger partial charge >= 0.3 is 0 Å². The lowest BCUT2D eigenvalue weighted by atomic mass is 9.67. The van der Waals surface area contributed by atoms with Crippen LogP contribution in [0, 0.1) is 11.8 Å². The van der Waals surface area contributed by atoms with Crippen molar-refractivity contribution < 1.29 is 32.8 Å². The fraction of sp³-hybridized carbons (Fsp3) is 0.533. The Bertz CT molecular complexity index is 1110. The van der Waals surface area contributed by atoms with Gasteiger partial charge in [-0.2, -0.15) is 0 Å². The maximum atomic E-state index is 6.42. The Morgan fingerprint density at radius 1 is 0.921 bits per heavy atom. The standard InChI is InChI=1S/C30H42O7Si/c1-29(2,3)38(8,9)36-18-10-11-26-25-17-16-24(35-21-32-6)19-27(25)37-28(33-7)30(26,4)22-12-14-23(15-13-22)34-20-31-5/h12-17,19,26,28H,18,20-21H2,1-9H3. The van der Waals surface area contributed by atoms with Crippen molar-refractivity contribution in [3.8, 4) is 29.1 Å². The molecule has 2 aromatic rings. The molecule has 0 fully saturated rings. The van der Waals surface area contributed by atoms with Gasteiger partial charge in [-0.3, -0.25) is 0 Å². The molecule has 0 amide bonds. The van der Waals surface area contributed by atoms with E-state index in [-0.39, 0.29) is 24.5 Å². The zero-order valence-electron chi connectivity index (χ0n) is 24.2. The van der Waals surface area contributed by atoms with Crippen molar-refractivity contribution in [1.82, 2.24) is 0 Å². The summed E-state index contributed by atoms with van der Waals surface area (Å²) in [5.74, 6) is 8.68. The van der Waals surface area contributed by atoms with Gasteiger partial charge in [-0.05, 0) is 48.8 Å². The number of benzene rings is 2. The third-order valence-electron chi connectivity index (χ3n) is 7.55. The molecule has 0 aliphatic carbocycles. The van der Waals surface area contributed by atoms with Gasteiger partial charge in [-0.15, -0.1) is 0 Å². The minimum absolute atomic E-state index is 0.112. The molecule has 2 aromatic carbocycles. The Hall–Kier alpha value is -2.54. The number of fused-ring (bicyclic) bond motifs is 1. The lowest BCUT2D eigenvalue weighted by Crippen LogP contribution is -2.49. The van der Waals surface area contributed by atoms with Crippen LogP contribution in [0.2, 0.25) is 18.1 Å². The van der Waals surface area contributed by atoms with Gasteiger partial charge in [0.05, 0.1) is 17.9 Å². The Morgan fingerprint density at radius 3 is 2.11 bits per heavy atom. The van der Waals surface area contributed by atoms with Crippen LogP contribution in [-0.2, 0) is 24.1 Å². The Labute approximate surface area is 228 Å². The quantitative estimate of drug-likeness (QED) is 0.205. The average Bonchev–Trinajstić information content (AvgIpc) is 2.88. The molecule has 3 rings (SSSR count). The first kappa shape index (κ1) is 30.0. The number of ether oxygens (including phenoxy) is 6. The lowest BCUT2D eigenvalue weighted by molar-refractivity contribution is -0.116. The summed E-state index contributed by atoms with van der Waals surface area (Å²) in [5, 5.41) is 0.112. The largest absolute Gasteiger partial charge is 0.468 e. The van der Waals surface area contributed by atoms with Crippen molar-refractivity contribution in [3.05, 3.63) is 53.6 Å². The molecular weight excluding hydrogens is 500 g/mol. The molecule has 8 heteroatoms. The van der Waals surface area contributed by atoms with Crippen molar-refractivity contribution in [3.63, 3.8) is 0 Å². The summed E-state index contributed by atoms with van der Waals surface area (Å²) in [4.78, 5) is 0. The zero-order chi connectivity index (χ0) is 28.0. The summed E-state index contributed by atoms with van der Waals surface area (Å²) >= 11 is 0. The molecule has 3 atom stereocenters. The van der Waals surface area contributed by atoms with Crippen LogP contribution in [0.4, 0.5) is 0 Å². The summed E-state index contributed by atoms with van der Waals surface area (Å²) < 4.78 is 40.1. The molecule has 0 bridgehead atoms. The van der Waals surface area contributed by atoms with Crippen LogP contribution in [0.15, 0.2) is 42.5 Å². The topological polar surface area (TPSA) is 64.6 Å². The van der Waals surface area contributed by atoms with Crippen LogP contribution in [-0.4, -0.2) is 56.1 Å². The minimum Gasteiger partial charge on any atom is -0.468 e. The number of rotatable bonds is 10. The van der Waals surface area contributed by atoms with Crippen molar-refractivity contribution >= 4 is 8.32 Å². The SMILES string of the molecule is COCOc1ccc(C2(C)C(OC)Oc3cc(OCOC)ccc3C2C#CCO[Si](C)(C)C(C)(C)C)cc1. The first-order valence-corrected chi connectivity index (χ1v) is 15.7. The van der Waals surface area contributed by atoms with Crippen LogP contribution < -0.4 is 14.2 Å². The van der Waals surface area contributed by atoms with E-state index in [0.29, 0.717) is 18.1 Å².